The van der Waals surface area contributed by atoms with Gasteiger partial charge in [-0.3, -0.25) is 0 Å². The molecular weight excluding hydrogens is 119 g/mol. The van der Waals surface area contributed by atoms with Gasteiger partial charge in [0.1, 0.15) is 0 Å². The third kappa shape index (κ3) is 5.49. The second-order valence-electron chi connectivity index (χ2n) is 1.18. The molecule has 0 amide bonds. The Bertz CT molecular complexity index is 83.8. The van der Waals surface area contributed by atoms with Crippen LogP contribution in [0.4, 0.5) is 13.2 Å². The van der Waals surface area contributed by atoms with Crippen LogP contribution >= 0.6 is 0 Å². The van der Waals surface area contributed by atoms with Gasteiger partial charge in [0.05, 0.1) is 0 Å². The molecule has 0 aromatic heterocycles. The Hall–Kier alpha value is -0.510. The number of rotatable bonds is 1. The minimum absolute atomic E-state index is 0.0699. The van der Waals surface area contributed by atoms with E-state index in [0.29, 0.717) is 0 Å². The Morgan fingerprint density at radius 2 is 1.88 bits per heavy atom. The second kappa shape index (κ2) is 2.71. The fourth-order valence-corrected chi connectivity index (χ4v) is 0.202. The highest BCUT2D eigenvalue weighted by molar-refractivity contribution is 4.88. The number of halogens is 3. The summed E-state index contributed by atoms with van der Waals surface area (Å²) < 4.78 is 33.3. The van der Waals surface area contributed by atoms with Crippen LogP contribution in [0.3, 0.4) is 0 Å². The van der Waals surface area contributed by atoms with Crippen molar-refractivity contribution in [3.8, 4) is 0 Å². The summed E-state index contributed by atoms with van der Waals surface area (Å²) in [5.41, 5.74) is 4.75. The highest BCUT2D eigenvalue weighted by Crippen LogP contribution is 2.15. The predicted molar refractivity (Wildman–Crippen MR) is 24.2 cm³/mol. The lowest BCUT2D eigenvalue weighted by Crippen LogP contribution is -2.03. The van der Waals surface area contributed by atoms with Crippen molar-refractivity contribution < 1.29 is 13.2 Å². The molecule has 0 saturated carbocycles. The lowest BCUT2D eigenvalue weighted by atomic mass is 10.5. The number of alkyl halides is 3. The van der Waals surface area contributed by atoms with Crippen LogP contribution in [0.5, 0.6) is 0 Å². The lowest BCUT2D eigenvalue weighted by molar-refractivity contribution is -0.0799. The molecule has 0 fully saturated rings. The smallest absolute Gasteiger partial charge is 0.327 e. The predicted octanol–water partition coefficient (Wildman–Crippen LogP) is 1.06. The lowest BCUT2D eigenvalue weighted by Gasteiger charge is -1.94. The molecule has 4 heteroatoms. The number of nitrogens with two attached hydrogens (primary N) is 1. The fourth-order valence-electron chi connectivity index (χ4n) is 0.202. The van der Waals surface area contributed by atoms with E-state index in [9.17, 15) is 13.2 Å². The molecule has 0 atom stereocenters. The van der Waals surface area contributed by atoms with Gasteiger partial charge in [-0.2, -0.15) is 13.2 Å². The van der Waals surface area contributed by atoms with Gasteiger partial charge in [0.25, 0.3) is 0 Å². The molecule has 0 aliphatic carbocycles. The van der Waals surface area contributed by atoms with E-state index in [0.717, 1.165) is 6.08 Å². The van der Waals surface area contributed by atoms with Crippen LogP contribution in [0.15, 0.2) is 12.2 Å². The van der Waals surface area contributed by atoms with Crippen LogP contribution < -0.4 is 5.73 Å². The van der Waals surface area contributed by atoms with Crippen molar-refractivity contribution in [3.63, 3.8) is 0 Å². The SMILES string of the molecule is NCC=CC(F)(F)F. The topological polar surface area (TPSA) is 26.0 Å². The molecule has 48 valence electrons. The number of allylic oxidation sites excluding steroid dienone is 1. The Balaban J connectivity index is 3.52. The van der Waals surface area contributed by atoms with E-state index in [2.05, 4.69) is 0 Å². The van der Waals surface area contributed by atoms with Crippen molar-refractivity contribution in [1.29, 1.82) is 0 Å². The van der Waals surface area contributed by atoms with Crippen molar-refractivity contribution in [1.82, 2.24) is 0 Å². The van der Waals surface area contributed by atoms with Gasteiger partial charge in [-0.15, -0.1) is 0 Å². The molecule has 0 bridgehead atoms. The molecule has 8 heavy (non-hydrogen) atoms. The third-order valence-electron chi connectivity index (χ3n) is 0.443. The first-order valence-electron chi connectivity index (χ1n) is 2.01. The molecule has 1 nitrogen and oxygen atoms in total. The molecular formula is C4H6F3N. The fraction of sp³-hybridized carbons (Fsp3) is 0.500. The van der Waals surface area contributed by atoms with Gasteiger partial charge in [-0.1, -0.05) is 6.08 Å². The maximum absolute atomic E-state index is 11.1. The van der Waals surface area contributed by atoms with E-state index in [-0.39, 0.29) is 12.6 Å². The van der Waals surface area contributed by atoms with Crippen molar-refractivity contribution in [2.45, 2.75) is 6.18 Å². The summed E-state index contributed by atoms with van der Waals surface area (Å²) in [5.74, 6) is 0. The van der Waals surface area contributed by atoms with E-state index >= 15 is 0 Å². The first kappa shape index (κ1) is 7.49. The Morgan fingerprint density at radius 1 is 1.38 bits per heavy atom. The molecule has 0 aromatic carbocycles. The monoisotopic (exact) mass is 125 g/mol. The number of hydrogen-bond donors (Lipinski definition) is 1. The van der Waals surface area contributed by atoms with Crippen molar-refractivity contribution >= 4 is 0 Å². The van der Waals surface area contributed by atoms with E-state index in [1.165, 1.54) is 0 Å². The summed E-state index contributed by atoms with van der Waals surface area (Å²) >= 11 is 0. The highest BCUT2D eigenvalue weighted by Gasteiger charge is 2.21. The summed E-state index contributed by atoms with van der Waals surface area (Å²) in [6.07, 6.45) is -3.23. The van der Waals surface area contributed by atoms with Gasteiger partial charge >= 0.3 is 6.18 Å². The zero-order chi connectivity index (χ0) is 6.62. The van der Waals surface area contributed by atoms with Gasteiger partial charge < -0.3 is 5.73 Å². The number of hydrogen-bond acceptors (Lipinski definition) is 1. The van der Waals surface area contributed by atoms with Crippen LogP contribution in [0.25, 0.3) is 0 Å². The molecule has 0 aliphatic heterocycles. The molecule has 0 radical (unpaired) electrons. The summed E-state index contributed by atoms with van der Waals surface area (Å²) in [7, 11) is 0. The van der Waals surface area contributed by atoms with E-state index < -0.39 is 6.18 Å². The molecule has 0 saturated heterocycles. The largest absolute Gasteiger partial charge is 0.409 e. The van der Waals surface area contributed by atoms with Gasteiger partial charge in [0, 0.05) is 12.6 Å². The first-order chi connectivity index (χ1) is 3.56. The van der Waals surface area contributed by atoms with E-state index in [4.69, 9.17) is 5.73 Å². The van der Waals surface area contributed by atoms with Crippen molar-refractivity contribution in [2.75, 3.05) is 6.54 Å². The van der Waals surface area contributed by atoms with Crippen LogP contribution in [0.2, 0.25) is 0 Å². The van der Waals surface area contributed by atoms with E-state index in [1.54, 1.807) is 0 Å². The molecule has 0 aliphatic rings. The molecule has 0 rings (SSSR count). The highest BCUT2D eigenvalue weighted by atomic mass is 19.4. The molecule has 0 unspecified atom stereocenters. The van der Waals surface area contributed by atoms with Gasteiger partial charge in [0.15, 0.2) is 0 Å². The minimum Gasteiger partial charge on any atom is -0.327 e. The molecule has 0 spiro atoms. The summed E-state index contributed by atoms with van der Waals surface area (Å²) in [4.78, 5) is 0. The minimum atomic E-state index is -4.21. The molecule has 0 aromatic rings. The Kier molecular flexibility index (Phi) is 2.54. The third-order valence-corrected chi connectivity index (χ3v) is 0.443. The standard InChI is InChI=1S/C4H6F3N/c5-4(6,7)2-1-3-8/h1-2H,3,8H2. The van der Waals surface area contributed by atoms with Crippen LogP contribution in [-0.2, 0) is 0 Å². The first-order valence-corrected chi connectivity index (χ1v) is 2.01. The second-order valence-corrected chi connectivity index (χ2v) is 1.18. The van der Waals surface area contributed by atoms with Crippen LogP contribution in [0.1, 0.15) is 0 Å². The average molecular weight is 125 g/mol. The van der Waals surface area contributed by atoms with Crippen LogP contribution in [-0.4, -0.2) is 12.7 Å². The van der Waals surface area contributed by atoms with Gasteiger partial charge in [-0.25, -0.2) is 0 Å². The van der Waals surface area contributed by atoms with Gasteiger partial charge in [-0.05, 0) is 0 Å². The zero-order valence-corrected chi connectivity index (χ0v) is 4.07. The van der Waals surface area contributed by atoms with Crippen LogP contribution in [0, 0.1) is 0 Å². The van der Waals surface area contributed by atoms with Gasteiger partial charge in [0.2, 0.25) is 0 Å². The molecule has 0 heterocycles. The zero-order valence-electron chi connectivity index (χ0n) is 4.07. The average Bonchev–Trinajstić information content (AvgIpc) is 1.59. The summed E-state index contributed by atoms with van der Waals surface area (Å²) in [6.45, 7) is -0.0699. The maximum Gasteiger partial charge on any atom is 0.409 e. The quantitative estimate of drug-likeness (QED) is 0.521. The normalized spacial score (nSPS) is 13.0. The van der Waals surface area contributed by atoms with Crippen molar-refractivity contribution in [2.24, 2.45) is 5.73 Å². The maximum atomic E-state index is 11.1. The Morgan fingerprint density at radius 3 is 2.00 bits per heavy atom. The Labute approximate surface area is 45.0 Å². The summed E-state index contributed by atoms with van der Waals surface area (Å²) in [5, 5.41) is 0. The van der Waals surface area contributed by atoms with E-state index in [1.807, 2.05) is 0 Å². The van der Waals surface area contributed by atoms with Crippen molar-refractivity contribution in [3.05, 3.63) is 12.2 Å². The molecule has 2 N–H and O–H groups in total. The summed E-state index contributed by atoms with van der Waals surface area (Å²) in [6, 6.07) is 0.